The van der Waals surface area contributed by atoms with Gasteiger partial charge in [0.05, 0.1) is 0 Å². The van der Waals surface area contributed by atoms with Gasteiger partial charge in [-0.3, -0.25) is 0 Å². The quantitative estimate of drug-likeness (QED) is 0.306. The van der Waals surface area contributed by atoms with Gasteiger partial charge in [-0.25, -0.2) is 0 Å². The second-order valence-electron chi connectivity index (χ2n) is 14.3. The van der Waals surface area contributed by atoms with Crippen LogP contribution in [-0.2, 0) is 21.7 Å². The van der Waals surface area contributed by atoms with Crippen LogP contribution in [0.4, 0.5) is 0 Å². The lowest BCUT2D eigenvalue weighted by molar-refractivity contribution is 0.0173. The van der Waals surface area contributed by atoms with Crippen LogP contribution < -0.4 is 9.47 Å². The summed E-state index contributed by atoms with van der Waals surface area (Å²) in [5.74, 6) is 1.93. The summed E-state index contributed by atoms with van der Waals surface area (Å²) in [6, 6.07) is 9.10. The van der Waals surface area contributed by atoms with Crippen LogP contribution in [0.5, 0.6) is 11.5 Å². The van der Waals surface area contributed by atoms with Gasteiger partial charge >= 0.3 is 0 Å². The Hall–Kier alpha value is -1.43. The second-order valence-corrected chi connectivity index (χ2v) is 14.8. The van der Waals surface area contributed by atoms with Gasteiger partial charge in [-0.2, -0.15) is 0 Å². The van der Waals surface area contributed by atoms with Crippen LogP contribution >= 0.6 is 0 Å². The lowest BCUT2D eigenvalue weighted by Crippen LogP contribution is -2.30. The minimum absolute atomic E-state index is 0.0518. The highest BCUT2D eigenvalue weighted by atomic mass is 27.0. The van der Waals surface area contributed by atoms with Crippen molar-refractivity contribution in [2.45, 2.75) is 130 Å². The van der Waals surface area contributed by atoms with Crippen LogP contribution in [0, 0.1) is 13.8 Å². The van der Waals surface area contributed by atoms with E-state index in [1.165, 1.54) is 33.4 Å². The molecule has 0 amide bonds. The molecule has 3 heteroatoms. The molecule has 0 N–H and O–H groups in total. The van der Waals surface area contributed by atoms with Crippen molar-refractivity contribution in [1.29, 1.82) is 0 Å². The van der Waals surface area contributed by atoms with E-state index < -0.39 is 6.29 Å². The highest BCUT2D eigenvalue weighted by molar-refractivity contribution is 6.08. The zero-order valence-corrected chi connectivity index (χ0v) is 26.1. The van der Waals surface area contributed by atoms with E-state index in [-0.39, 0.29) is 21.7 Å². The summed E-state index contributed by atoms with van der Waals surface area (Å²) in [5.41, 5.74) is 7.23. The number of rotatable bonds is 5. The van der Waals surface area contributed by atoms with E-state index >= 15 is 0 Å². The zero-order valence-electron chi connectivity index (χ0n) is 25.0. The Labute approximate surface area is 224 Å². The molecule has 2 aromatic rings. The fourth-order valence-electron chi connectivity index (χ4n) is 4.41. The maximum absolute atomic E-state index is 6.86. The van der Waals surface area contributed by atoms with E-state index in [4.69, 9.17) is 9.47 Å². The first-order valence-corrected chi connectivity index (χ1v) is 13.8. The van der Waals surface area contributed by atoms with Crippen LogP contribution in [0.25, 0.3) is 0 Å². The van der Waals surface area contributed by atoms with Crippen molar-refractivity contribution < 1.29 is 9.47 Å². The molecule has 2 radical (unpaired) electrons. The predicted molar refractivity (Wildman–Crippen MR) is 153 cm³/mol. The Morgan fingerprint density at radius 3 is 0.943 bits per heavy atom. The second kappa shape index (κ2) is 10.1. The molecule has 2 nitrogen and oxygen atoms in total. The Kier molecular flexibility index (Phi) is 8.64. The number of aryl methyl sites for hydroxylation is 2. The molecule has 0 fully saturated rings. The Bertz CT molecular complexity index is 884. The summed E-state index contributed by atoms with van der Waals surface area (Å²) in [6.07, 6.45) is -0.421. The average molecular weight is 493 g/mol. The SMILES string of the molecule is Cc1cc(C(C)(C)C)c(OC([CH2][Al])Oc2c(C(C)(C)C)cc(C)cc2C(C)(C)C)c(C(C)(C)C)c1. The van der Waals surface area contributed by atoms with Crippen LogP contribution in [0.3, 0.4) is 0 Å². The van der Waals surface area contributed by atoms with E-state index in [1.807, 2.05) is 0 Å². The van der Waals surface area contributed by atoms with Gasteiger partial charge in [0.15, 0.2) is 0 Å². The first-order valence-electron chi connectivity index (χ1n) is 13.0. The van der Waals surface area contributed by atoms with Crippen molar-refractivity contribution in [3.8, 4) is 11.5 Å². The van der Waals surface area contributed by atoms with E-state index in [9.17, 15) is 0 Å². The van der Waals surface area contributed by atoms with Crippen LogP contribution in [0.1, 0.15) is 116 Å². The fourth-order valence-corrected chi connectivity index (χ4v) is 4.60. The maximum Gasteiger partial charge on any atom is 0.227 e. The molecular weight excluding hydrogens is 443 g/mol. The summed E-state index contributed by atoms with van der Waals surface area (Å²) in [6.45, 7) is 31.4. The van der Waals surface area contributed by atoms with Gasteiger partial charge in [0.2, 0.25) is 6.29 Å². The molecular formula is C32H49AlO2. The Morgan fingerprint density at radius 2 is 0.771 bits per heavy atom. The third-order valence-electron chi connectivity index (χ3n) is 6.39. The van der Waals surface area contributed by atoms with Gasteiger partial charge in [0.25, 0.3) is 0 Å². The molecule has 0 unspecified atom stereocenters. The minimum Gasteiger partial charge on any atom is -0.456 e. The summed E-state index contributed by atoms with van der Waals surface area (Å²) in [4.78, 5) is 0. The van der Waals surface area contributed by atoms with E-state index in [1.54, 1.807) is 0 Å². The van der Waals surface area contributed by atoms with Crippen molar-refractivity contribution in [3.63, 3.8) is 0 Å². The zero-order chi connectivity index (χ0) is 27.1. The molecule has 35 heavy (non-hydrogen) atoms. The molecule has 192 valence electrons. The molecule has 0 spiro atoms. The van der Waals surface area contributed by atoms with Gasteiger partial charge in [0.1, 0.15) is 27.8 Å². The molecule has 0 aliphatic carbocycles. The lowest BCUT2D eigenvalue weighted by Gasteiger charge is -2.35. The van der Waals surface area contributed by atoms with E-state index in [0.29, 0.717) is 5.28 Å². The molecule has 2 rings (SSSR count). The number of hydrogen-bond donors (Lipinski definition) is 0. The molecule has 0 aliphatic heterocycles. The standard InChI is InChI=1S/C32H49O2.Al/c1-20-16-23(29(4,5)6)27(24(17-20)30(7,8)9)33-22(3)34-28-25(31(10,11)12)18-21(2)19-26(28)32(13,14)15;/h16-19,22H,3H2,1-2,4-15H3;. The van der Waals surface area contributed by atoms with Crippen molar-refractivity contribution in [1.82, 2.24) is 0 Å². The maximum atomic E-state index is 6.86. The third kappa shape index (κ3) is 7.30. The normalized spacial score (nSPS) is 13.3. The van der Waals surface area contributed by atoms with Crippen molar-refractivity contribution in [2.75, 3.05) is 0 Å². The predicted octanol–water partition coefficient (Wildman–Crippen LogP) is 8.86. The smallest absolute Gasteiger partial charge is 0.227 e. The van der Waals surface area contributed by atoms with Gasteiger partial charge in [-0.05, 0) is 40.8 Å². The monoisotopic (exact) mass is 492 g/mol. The summed E-state index contributed by atoms with van der Waals surface area (Å²) in [7, 11) is 0. The number of benzene rings is 2. The largest absolute Gasteiger partial charge is 0.456 e. The minimum atomic E-state index is -0.421. The van der Waals surface area contributed by atoms with Crippen molar-refractivity contribution in [3.05, 3.63) is 57.6 Å². The van der Waals surface area contributed by atoms with Gasteiger partial charge < -0.3 is 9.47 Å². The van der Waals surface area contributed by atoms with E-state index in [0.717, 1.165) is 11.5 Å². The van der Waals surface area contributed by atoms with Gasteiger partial charge in [0, 0.05) is 22.3 Å². The van der Waals surface area contributed by atoms with Gasteiger partial charge in [-0.1, -0.05) is 118 Å². The topological polar surface area (TPSA) is 18.5 Å². The highest BCUT2D eigenvalue weighted by Crippen LogP contribution is 2.44. The molecule has 0 saturated carbocycles. The molecule has 0 saturated heterocycles. The van der Waals surface area contributed by atoms with Gasteiger partial charge in [-0.15, -0.1) is 0 Å². The lowest BCUT2D eigenvalue weighted by atomic mass is 9.78. The van der Waals surface area contributed by atoms with Crippen LogP contribution in [0.15, 0.2) is 24.3 Å². The first kappa shape index (κ1) is 29.8. The fraction of sp³-hybridized carbons (Fsp3) is 0.625. The first-order chi connectivity index (χ1) is 15.7. The molecule has 0 heterocycles. The summed E-state index contributed by atoms with van der Waals surface area (Å²) in [5, 5.41) is 0.669. The van der Waals surface area contributed by atoms with E-state index in [2.05, 4.69) is 137 Å². The molecule has 0 atom stereocenters. The van der Waals surface area contributed by atoms with Crippen LogP contribution in [0.2, 0.25) is 5.28 Å². The van der Waals surface area contributed by atoms with Crippen molar-refractivity contribution >= 4 is 16.3 Å². The average Bonchev–Trinajstić information content (AvgIpc) is 2.65. The van der Waals surface area contributed by atoms with Crippen molar-refractivity contribution in [2.24, 2.45) is 0 Å². The third-order valence-corrected chi connectivity index (χ3v) is 6.77. The van der Waals surface area contributed by atoms with Crippen LogP contribution in [-0.4, -0.2) is 22.6 Å². The Balaban J connectivity index is 2.72. The number of hydrogen-bond acceptors (Lipinski definition) is 2. The molecule has 2 aromatic carbocycles. The number of ether oxygens (including phenoxy) is 2. The Morgan fingerprint density at radius 1 is 0.543 bits per heavy atom. The molecule has 0 bridgehead atoms. The highest BCUT2D eigenvalue weighted by Gasteiger charge is 2.32. The molecule has 0 aromatic heterocycles. The molecule has 0 aliphatic rings. The summed E-state index contributed by atoms with van der Waals surface area (Å²) >= 11 is 2.84. The summed E-state index contributed by atoms with van der Waals surface area (Å²) < 4.78 is 13.7.